The number of hydrogen-bond donors (Lipinski definition) is 1. The van der Waals surface area contributed by atoms with Crippen molar-refractivity contribution in [2.75, 3.05) is 18.4 Å². The first kappa shape index (κ1) is 16.6. The fourth-order valence-electron chi connectivity index (χ4n) is 3.13. The van der Waals surface area contributed by atoms with Crippen LogP contribution in [0.5, 0.6) is 0 Å². The average Bonchev–Trinajstić information content (AvgIpc) is 2.55. The van der Waals surface area contributed by atoms with Gasteiger partial charge in [-0.3, -0.25) is 14.7 Å². The number of hydrogen-bond acceptors (Lipinski definition) is 4. The van der Waals surface area contributed by atoms with Gasteiger partial charge >= 0.3 is 0 Å². The van der Waals surface area contributed by atoms with Crippen LogP contribution in [0.25, 0.3) is 0 Å². The number of rotatable bonds is 4. The smallest absolute Gasteiger partial charge is 0.255 e. The summed E-state index contributed by atoms with van der Waals surface area (Å²) in [6, 6.07) is 11.4. The molecule has 5 nitrogen and oxygen atoms in total. The lowest BCUT2D eigenvalue weighted by molar-refractivity contribution is -0.0704. The van der Waals surface area contributed by atoms with Gasteiger partial charge in [-0.1, -0.05) is 12.1 Å². The first-order chi connectivity index (χ1) is 11.6. The molecule has 0 aliphatic carbocycles. The molecule has 1 amide bonds. The van der Waals surface area contributed by atoms with E-state index in [1.165, 1.54) is 5.56 Å². The molecule has 1 aromatic carbocycles. The Bertz CT molecular complexity index is 680. The van der Waals surface area contributed by atoms with Crippen LogP contribution < -0.4 is 5.32 Å². The molecule has 1 saturated heterocycles. The molecule has 1 aliphatic rings. The lowest BCUT2D eigenvalue weighted by atomic mass is 10.1. The topological polar surface area (TPSA) is 54.5 Å². The van der Waals surface area contributed by atoms with Crippen molar-refractivity contribution in [3.05, 3.63) is 59.9 Å². The molecule has 5 heteroatoms. The Balaban J connectivity index is 1.65. The lowest BCUT2D eigenvalue weighted by Gasteiger charge is -2.35. The third-order valence-corrected chi connectivity index (χ3v) is 4.03. The number of carbonyl (C=O) groups excluding carboxylic acids is 1. The maximum absolute atomic E-state index is 12.2. The summed E-state index contributed by atoms with van der Waals surface area (Å²) in [6.45, 7) is 6.93. The summed E-state index contributed by atoms with van der Waals surface area (Å²) < 4.78 is 5.78. The molecule has 0 bridgehead atoms. The largest absolute Gasteiger partial charge is 0.373 e. The SMILES string of the molecule is C[C@@H]1CN(Cc2cccc(NC(=O)c3ccncc3)c2)C[C@@H](C)O1. The monoisotopic (exact) mass is 325 g/mol. The van der Waals surface area contributed by atoms with Crippen molar-refractivity contribution in [2.45, 2.75) is 32.6 Å². The van der Waals surface area contributed by atoms with Crippen molar-refractivity contribution in [1.82, 2.24) is 9.88 Å². The van der Waals surface area contributed by atoms with Crippen LogP contribution in [0, 0.1) is 0 Å². The van der Waals surface area contributed by atoms with Gasteiger partial charge in [0.25, 0.3) is 5.91 Å². The fraction of sp³-hybridized carbons (Fsp3) is 0.368. The first-order valence-electron chi connectivity index (χ1n) is 8.28. The standard InChI is InChI=1S/C19H23N3O2/c1-14-11-22(12-15(2)24-14)13-16-4-3-5-18(10-16)21-19(23)17-6-8-20-9-7-17/h3-10,14-15H,11-13H2,1-2H3,(H,21,23)/t14-,15-/m1/s1. The highest BCUT2D eigenvalue weighted by atomic mass is 16.5. The molecule has 1 aliphatic heterocycles. The second kappa shape index (κ2) is 7.55. The van der Waals surface area contributed by atoms with Crippen LogP contribution in [0.2, 0.25) is 0 Å². The number of benzene rings is 1. The molecule has 0 spiro atoms. The van der Waals surface area contributed by atoms with Crippen molar-refractivity contribution < 1.29 is 9.53 Å². The summed E-state index contributed by atoms with van der Waals surface area (Å²) in [7, 11) is 0. The minimum absolute atomic E-state index is 0.122. The van der Waals surface area contributed by atoms with Gasteiger partial charge in [-0.15, -0.1) is 0 Å². The molecule has 0 saturated carbocycles. The van der Waals surface area contributed by atoms with E-state index in [9.17, 15) is 4.79 Å². The Morgan fingerprint density at radius 3 is 2.62 bits per heavy atom. The van der Waals surface area contributed by atoms with E-state index in [4.69, 9.17) is 4.74 Å². The van der Waals surface area contributed by atoms with E-state index < -0.39 is 0 Å². The van der Waals surface area contributed by atoms with Crippen LogP contribution in [-0.4, -0.2) is 41.1 Å². The second-order valence-electron chi connectivity index (χ2n) is 6.34. The third kappa shape index (κ3) is 4.40. The zero-order chi connectivity index (χ0) is 16.9. The molecule has 24 heavy (non-hydrogen) atoms. The van der Waals surface area contributed by atoms with Gasteiger partial charge < -0.3 is 10.1 Å². The van der Waals surface area contributed by atoms with Gasteiger partial charge in [0, 0.05) is 43.3 Å². The minimum Gasteiger partial charge on any atom is -0.373 e. The Hall–Kier alpha value is -2.24. The van der Waals surface area contributed by atoms with Crippen molar-refractivity contribution in [2.24, 2.45) is 0 Å². The number of pyridine rings is 1. The number of amides is 1. The summed E-state index contributed by atoms with van der Waals surface area (Å²) in [5.41, 5.74) is 2.60. The van der Waals surface area contributed by atoms with E-state index in [1.807, 2.05) is 18.2 Å². The van der Waals surface area contributed by atoms with Crippen molar-refractivity contribution in [3.8, 4) is 0 Å². The molecule has 0 radical (unpaired) electrons. The highest BCUT2D eigenvalue weighted by molar-refractivity contribution is 6.04. The van der Waals surface area contributed by atoms with Gasteiger partial charge in [0.15, 0.2) is 0 Å². The number of anilines is 1. The highest BCUT2D eigenvalue weighted by Crippen LogP contribution is 2.17. The number of ether oxygens (including phenoxy) is 1. The van der Waals surface area contributed by atoms with Gasteiger partial charge in [-0.2, -0.15) is 0 Å². The van der Waals surface area contributed by atoms with Crippen LogP contribution in [0.3, 0.4) is 0 Å². The summed E-state index contributed by atoms with van der Waals surface area (Å²) in [6.07, 6.45) is 3.74. The second-order valence-corrected chi connectivity index (χ2v) is 6.34. The number of nitrogens with one attached hydrogen (secondary N) is 1. The molecule has 1 N–H and O–H groups in total. The maximum atomic E-state index is 12.2. The van der Waals surface area contributed by atoms with E-state index in [0.29, 0.717) is 5.56 Å². The molecular weight excluding hydrogens is 302 g/mol. The van der Waals surface area contributed by atoms with Gasteiger partial charge in [0.05, 0.1) is 12.2 Å². The van der Waals surface area contributed by atoms with Crippen LogP contribution in [0.4, 0.5) is 5.69 Å². The molecule has 1 aromatic heterocycles. The van der Waals surface area contributed by atoms with E-state index in [-0.39, 0.29) is 18.1 Å². The van der Waals surface area contributed by atoms with Gasteiger partial charge in [0.2, 0.25) is 0 Å². The van der Waals surface area contributed by atoms with Crippen LogP contribution in [0.15, 0.2) is 48.8 Å². The molecule has 2 aromatic rings. The quantitative estimate of drug-likeness (QED) is 0.939. The molecule has 2 atom stereocenters. The third-order valence-electron chi connectivity index (χ3n) is 4.03. The summed E-state index contributed by atoms with van der Waals surface area (Å²) >= 11 is 0. The molecule has 1 fully saturated rings. The highest BCUT2D eigenvalue weighted by Gasteiger charge is 2.22. The van der Waals surface area contributed by atoms with Crippen molar-refractivity contribution in [3.63, 3.8) is 0 Å². The fourth-order valence-corrected chi connectivity index (χ4v) is 3.13. The minimum atomic E-state index is -0.122. The Morgan fingerprint density at radius 2 is 1.92 bits per heavy atom. The maximum Gasteiger partial charge on any atom is 0.255 e. The summed E-state index contributed by atoms with van der Waals surface area (Å²) in [4.78, 5) is 18.6. The molecule has 2 heterocycles. The number of morpholine rings is 1. The van der Waals surface area contributed by atoms with Crippen LogP contribution >= 0.6 is 0 Å². The predicted octanol–water partition coefficient (Wildman–Crippen LogP) is 2.94. The molecule has 126 valence electrons. The normalized spacial score (nSPS) is 21.4. The number of aromatic nitrogens is 1. The van der Waals surface area contributed by atoms with Gasteiger partial charge in [-0.25, -0.2) is 0 Å². The molecule has 3 rings (SSSR count). The van der Waals surface area contributed by atoms with Gasteiger partial charge in [-0.05, 0) is 43.7 Å². The lowest BCUT2D eigenvalue weighted by Crippen LogP contribution is -2.44. The zero-order valence-corrected chi connectivity index (χ0v) is 14.1. The average molecular weight is 325 g/mol. The van der Waals surface area contributed by atoms with Crippen LogP contribution in [0.1, 0.15) is 29.8 Å². The summed E-state index contributed by atoms with van der Waals surface area (Å²) in [5, 5.41) is 2.94. The Labute approximate surface area is 142 Å². The predicted molar refractivity (Wildman–Crippen MR) is 93.9 cm³/mol. The molecule has 0 unspecified atom stereocenters. The summed E-state index contributed by atoms with van der Waals surface area (Å²) in [5.74, 6) is -0.122. The van der Waals surface area contributed by atoms with E-state index in [1.54, 1.807) is 24.5 Å². The van der Waals surface area contributed by atoms with Crippen molar-refractivity contribution >= 4 is 11.6 Å². The number of carbonyl (C=O) groups is 1. The van der Waals surface area contributed by atoms with E-state index in [0.717, 1.165) is 25.3 Å². The van der Waals surface area contributed by atoms with Crippen LogP contribution in [-0.2, 0) is 11.3 Å². The zero-order valence-electron chi connectivity index (χ0n) is 14.1. The van der Waals surface area contributed by atoms with Crippen molar-refractivity contribution in [1.29, 1.82) is 0 Å². The number of nitrogens with zero attached hydrogens (tertiary/aromatic N) is 2. The van der Waals surface area contributed by atoms with Gasteiger partial charge in [0.1, 0.15) is 0 Å². The first-order valence-corrected chi connectivity index (χ1v) is 8.28. The van der Waals surface area contributed by atoms with E-state index >= 15 is 0 Å². The molecular formula is C19H23N3O2. The Morgan fingerprint density at radius 1 is 1.21 bits per heavy atom. The van der Waals surface area contributed by atoms with E-state index in [2.05, 4.69) is 35.1 Å². The Kier molecular flexibility index (Phi) is 5.23.